The summed E-state index contributed by atoms with van der Waals surface area (Å²) in [6.45, 7) is 4.92. The standard InChI is InChI=1S/C26H37N3O/c1-3-5-6-7-8-9-10-11-12-14-21-16-17-22(28-21)19-25-26(30-4-2)20-24(29-25)23-15-13-18-27-23/h13,15-20,27,29H,3-12,14H2,1-2H3/b22-19-. The van der Waals surface area contributed by atoms with Gasteiger partial charge in [-0.1, -0.05) is 58.3 Å². The highest BCUT2D eigenvalue weighted by atomic mass is 16.5. The zero-order valence-electron chi connectivity index (χ0n) is 18.7. The van der Waals surface area contributed by atoms with Gasteiger partial charge >= 0.3 is 0 Å². The summed E-state index contributed by atoms with van der Waals surface area (Å²) in [7, 11) is 0. The third-order valence-electron chi connectivity index (χ3n) is 5.55. The quantitative estimate of drug-likeness (QED) is 0.310. The van der Waals surface area contributed by atoms with Crippen molar-refractivity contribution in [2.75, 3.05) is 6.61 Å². The van der Waals surface area contributed by atoms with Gasteiger partial charge in [0.15, 0.2) is 0 Å². The van der Waals surface area contributed by atoms with Gasteiger partial charge in [-0.2, -0.15) is 0 Å². The first-order chi connectivity index (χ1) is 14.8. The number of aromatic amines is 2. The predicted molar refractivity (Wildman–Crippen MR) is 128 cm³/mol. The molecule has 0 atom stereocenters. The lowest BCUT2D eigenvalue weighted by Gasteiger charge is -2.02. The first-order valence-corrected chi connectivity index (χ1v) is 11.8. The molecule has 3 rings (SSSR count). The fraction of sp³-hybridized carbons (Fsp3) is 0.500. The predicted octanol–water partition coefficient (Wildman–Crippen LogP) is 7.68. The minimum absolute atomic E-state index is 0.640. The molecular weight excluding hydrogens is 370 g/mol. The summed E-state index contributed by atoms with van der Waals surface area (Å²) >= 11 is 0. The number of rotatable bonds is 14. The molecule has 0 aliphatic carbocycles. The van der Waals surface area contributed by atoms with Crippen molar-refractivity contribution >= 4 is 11.8 Å². The maximum atomic E-state index is 5.82. The van der Waals surface area contributed by atoms with Crippen LogP contribution in [0.3, 0.4) is 0 Å². The molecule has 30 heavy (non-hydrogen) atoms. The number of allylic oxidation sites excluding steroid dienone is 2. The second kappa shape index (κ2) is 12.3. The van der Waals surface area contributed by atoms with Crippen LogP contribution >= 0.6 is 0 Å². The molecule has 0 aromatic carbocycles. The van der Waals surface area contributed by atoms with Crippen LogP contribution in [0.4, 0.5) is 0 Å². The highest BCUT2D eigenvalue weighted by Gasteiger charge is 2.12. The molecular formula is C26H37N3O. The van der Waals surface area contributed by atoms with Crippen LogP contribution in [-0.2, 0) is 0 Å². The highest BCUT2D eigenvalue weighted by Crippen LogP contribution is 2.29. The number of nitrogens with zero attached hydrogens (tertiary/aromatic N) is 1. The third kappa shape index (κ3) is 6.79. The second-order valence-electron chi connectivity index (χ2n) is 8.06. The summed E-state index contributed by atoms with van der Waals surface area (Å²) < 4.78 is 5.82. The van der Waals surface area contributed by atoms with E-state index in [0.29, 0.717) is 6.61 Å². The molecule has 0 saturated carbocycles. The zero-order valence-corrected chi connectivity index (χ0v) is 18.7. The van der Waals surface area contributed by atoms with E-state index in [1.54, 1.807) is 0 Å². The van der Waals surface area contributed by atoms with Crippen LogP contribution in [0.2, 0.25) is 0 Å². The Morgan fingerprint density at radius 3 is 2.40 bits per heavy atom. The molecule has 0 bridgehead atoms. The maximum absolute atomic E-state index is 5.82. The second-order valence-corrected chi connectivity index (χ2v) is 8.06. The van der Waals surface area contributed by atoms with Crippen LogP contribution in [0.5, 0.6) is 5.75 Å². The fourth-order valence-corrected chi connectivity index (χ4v) is 3.88. The molecule has 4 heteroatoms. The van der Waals surface area contributed by atoms with E-state index in [1.807, 2.05) is 25.3 Å². The van der Waals surface area contributed by atoms with Gasteiger partial charge in [0.2, 0.25) is 0 Å². The molecule has 1 aliphatic heterocycles. The average Bonchev–Trinajstić information content (AvgIpc) is 3.49. The molecule has 0 amide bonds. The Labute approximate surface area is 181 Å². The minimum atomic E-state index is 0.640. The van der Waals surface area contributed by atoms with Crippen molar-refractivity contribution in [3.05, 3.63) is 47.9 Å². The SMILES string of the molecule is CCCCCCCCCCCC1=N/C(=C\c2[nH]c(-c3ccc[nH]3)cc2OCC)C=C1. The lowest BCUT2D eigenvalue weighted by molar-refractivity contribution is 0.340. The van der Waals surface area contributed by atoms with E-state index in [0.717, 1.165) is 34.9 Å². The van der Waals surface area contributed by atoms with Crippen molar-refractivity contribution in [3.63, 3.8) is 0 Å². The summed E-state index contributed by atoms with van der Waals surface area (Å²) in [6.07, 6.45) is 21.6. The van der Waals surface area contributed by atoms with E-state index in [2.05, 4.69) is 41.2 Å². The molecule has 3 heterocycles. The molecule has 0 saturated heterocycles. The average molecular weight is 408 g/mol. The van der Waals surface area contributed by atoms with Crippen molar-refractivity contribution in [1.82, 2.24) is 9.97 Å². The number of H-pyrrole nitrogens is 2. The molecule has 0 radical (unpaired) electrons. The number of aromatic nitrogens is 2. The first kappa shape index (κ1) is 22.2. The molecule has 1 aliphatic rings. The van der Waals surface area contributed by atoms with Gasteiger partial charge in [-0.05, 0) is 50.1 Å². The fourth-order valence-electron chi connectivity index (χ4n) is 3.88. The Kier molecular flexibility index (Phi) is 9.07. The van der Waals surface area contributed by atoms with E-state index in [-0.39, 0.29) is 0 Å². The van der Waals surface area contributed by atoms with Gasteiger partial charge in [0, 0.05) is 18.0 Å². The van der Waals surface area contributed by atoms with Crippen molar-refractivity contribution in [1.29, 1.82) is 0 Å². The number of aliphatic imine (C=N–C) groups is 1. The molecule has 2 aromatic rings. The van der Waals surface area contributed by atoms with Crippen LogP contribution < -0.4 is 4.74 Å². The molecule has 0 spiro atoms. The molecule has 2 aromatic heterocycles. The van der Waals surface area contributed by atoms with Gasteiger partial charge in [-0.25, -0.2) is 0 Å². The lowest BCUT2D eigenvalue weighted by atomic mass is 10.1. The first-order valence-electron chi connectivity index (χ1n) is 11.8. The lowest BCUT2D eigenvalue weighted by Crippen LogP contribution is -1.92. The van der Waals surface area contributed by atoms with Crippen LogP contribution in [0.15, 0.2) is 47.2 Å². The van der Waals surface area contributed by atoms with Gasteiger partial charge in [0.05, 0.1) is 29.4 Å². The summed E-state index contributed by atoms with van der Waals surface area (Å²) in [5.74, 6) is 0.866. The third-order valence-corrected chi connectivity index (χ3v) is 5.55. The van der Waals surface area contributed by atoms with E-state index in [4.69, 9.17) is 9.73 Å². The number of hydrogen-bond acceptors (Lipinski definition) is 2. The normalized spacial score (nSPS) is 14.6. The topological polar surface area (TPSA) is 53.2 Å². The number of hydrogen-bond donors (Lipinski definition) is 2. The van der Waals surface area contributed by atoms with Crippen LogP contribution in [0, 0.1) is 0 Å². The van der Waals surface area contributed by atoms with Crippen LogP contribution in [-0.4, -0.2) is 22.3 Å². The maximum Gasteiger partial charge on any atom is 0.144 e. The van der Waals surface area contributed by atoms with E-state index < -0.39 is 0 Å². The smallest absolute Gasteiger partial charge is 0.144 e. The van der Waals surface area contributed by atoms with Gasteiger partial charge in [0.1, 0.15) is 5.75 Å². The summed E-state index contributed by atoms with van der Waals surface area (Å²) in [4.78, 5) is 11.5. The number of ether oxygens (including phenoxy) is 1. The van der Waals surface area contributed by atoms with E-state index in [9.17, 15) is 0 Å². The Balaban J connectivity index is 1.48. The monoisotopic (exact) mass is 407 g/mol. The Hall–Kier alpha value is -2.49. The largest absolute Gasteiger partial charge is 0.492 e. The summed E-state index contributed by atoms with van der Waals surface area (Å²) in [6, 6.07) is 6.10. The van der Waals surface area contributed by atoms with Crippen LogP contribution in [0.1, 0.15) is 83.7 Å². The van der Waals surface area contributed by atoms with Gasteiger partial charge in [-0.3, -0.25) is 4.99 Å². The Morgan fingerprint density at radius 2 is 1.70 bits per heavy atom. The van der Waals surface area contributed by atoms with Crippen molar-refractivity contribution in [2.45, 2.75) is 78.1 Å². The van der Waals surface area contributed by atoms with Crippen molar-refractivity contribution < 1.29 is 4.74 Å². The van der Waals surface area contributed by atoms with Crippen molar-refractivity contribution in [2.24, 2.45) is 4.99 Å². The molecule has 0 unspecified atom stereocenters. The van der Waals surface area contributed by atoms with Gasteiger partial charge in [0.25, 0.3) is 0 Å². The summed E-state index contributed by atoms with van der Waals surface area (Å²) in [5, 5.41) is 0. The van der Waals surface area contributed by atoms with E-state index in [1.165, 1.54) is 63.5 Å². The number of nitrogens with one attached hydrogen (secondary N) is 2. The van der Waals surface area contributed by atoms with Gasteiger partial charge < -0.3 is 14.7 Å². The molecule has 162 valence electrons. The summed E-state index contributed by atoms with van der Waals surface area (Å²) in [5.41, 5.74) is 5.22. The highest BCUT2D eigenvalue weighted by molar-refractivity contribution is 5.99. The van der Waals surface area contributed by atoms with Gasteiger partial charge in [-0.15, -0.1) is 0 Å². The Bertz CT molecular complexity index is 840. The minimum Gasteiger partial charge on any atom is -0.492 e. The van der Waals surface area contributed by atoms with Crippen LogP contribution in [0.25, 0.3) is 17.5 Å². The Morgan fingerprint density at radius 1 is 0.933 bits per heavy atom. The van der Waals surface area contributed by atoms with E-state index >= 15 is 0 Å². The molecule has 2 N–H and O–H groups in total. The number of unbranched alkanes of at least 4 members (excludes halogenated alkanes) is 8. The zero-order chi connectivity index (χ0) is 21.0. The molecule has 4 nitrogen and oxygen atoms in total. The molecule has 0 fully saturated rings. The van der Waals surface area contributed by atoms with Crippen molar-refractivity contribution in [3.8, 4) is 17.1 Å².